The van der Waals surface area contributed by atoms with Crippen molar-refractivity contribution < 1.29 is 14.7 Å². The normalized spacial score (nSPS) is 10.1. The highest BCUT2D eigenvalue weighted by Gasteiger charge is 2.15. The minimum atomic E-state index is -0.854. The van der Waals surface area contributed by atoms with Crippen molar-refractivity contribution in [3.05, 3.63) is 58.6 Å². The Balaban J connectivity index is 1.97. The highest BCUT2D eigenvalue weighted by molar-refractivity contribution is 6.39. The van der Waals surface area contributed by atoms with Crippen LogP contribution >= 0.6 is 11.6 Å². The zero-order valence-corrected chi connectivity index (χ0v) is 12.6. The molecule has 2 aromatic carbocycles. The molecule has 2 aromatic rings. The smallest absolute Gasteiger partial charge is 0.313 e. The fourth-order valence-corrected chi connectivity index (χ4v) is 2.03. The number of aryl methyl sites for hydroxylation is 1. The molecule has 0 saturated carbocycles. The van der Waals surface area contributed by atoms with Crippen molar-refractivity contribution in [3.8, 4) is 5.75 Å². The van der Waals surface area contributed by atoms with E-state index in [1.807, 2.05) is 6.92 Å². The summed E-state index contributed by atoms with van der Waals surface area (Å²) in [5.41, 5.74) is 1.76. The largest absolute Gasteiger partial charge is 0.506 e. The first-order valence-electron chi connectivity index (χ1n) is 6.59. The number of carbonyl (C=O) groups excluding carboxylic acids is 2. The number of aromatic hydroxyl groups is 1. The van der Waals surface area contributed by atoms with Gasteiger partial charge in [-0.1, -0.05) is 35.9 Å². The van der Waals surface area contributed by atoms with Crippen LogP contribution < -0.4 is 10.6 Å². The topological polar surface area (TPSA) is 78.4 Å². The number of halogens is 1. The van der Waals surface area contributed by atoms with Crippen LogP contribution in [0, 0.1) is 6.92 Å². The maximum Gasteiger partial charge on any atom is 0.313 e. The number of rotatable bonds is 3. The average molecular weight is 319 g/mol. The molecule has 0 aliphatic heterocycles. The van der Waals surface area contributed by atoms with Crippen LogP contribution in [-0.4, -0.2) is 16.9 Å². The highest BCUT2D eigenvalue weighted by Crippen LogP contribution is 2.23. The SMILES string of the molecule is Cc1ccc(O)c(NC(=O)C(=O)NCc2ccccc2Cl)c1. The second-order valence-corrected chi connectivity index (χ2v) is 5.16. The molecule has 0 fully saturated rings. The molecule has 2 rings (SSSR count). The predicted molar refractivity (Wildman–Crippen MR) is 84.8 cm³/mol. The highest BCUT2D eigenvalue weighted by atomic mass is 35.5. The fourth-order valence-electron chi connectivity index (χ4n) is 1.83. The minimum absolute atomic E-state index is 0.0992. The van der Waals surface area contributed by atoms with Gasteiger partial charge in [-0.3, -0.25) is 9.59 Å². The number of nitrogens with one attached hydrogen (secondary N) is 2. The summed E-state index contributed by atoms with van der Waals surface area (Å²) in [4.78, 5) is 23.6. The zero-order chi connectivity index (χ0) is 16.1. The van der Waals surface area contributed by atoms with E-state index in [1.54, 1.807) is 36.4 Å². The maximum atomic E-state index is 11.8. The first-order chi connectivity index (χ1) is 10.5. The van der Waals surface area contributed by atoms with E-state index in [0.717, 1.165) is 5.56 Å². The maximum absolute atomic E-state index is 11.8. The summed E-state index contributed by atoms with van der Waals surface area (Å²) in [6.45, 7) is 1.96. The van der Waals surface area contributed by atoms with Crippen molar-refractivity contribution in [1.29, 1.82) is 0 Å². The van der Waals surface area contributed by atoms with Crippen molar-refractivity contribution in [2.24, 2.45) is 0 Å². The number of phenolic OH excluding ortho intramolecular Hbond substituents is 1. The molecule has 114 valence electrons. The lowest BCUT2D eigenvalue weighted by molar-refractivity contribution is -0.136. The Morgan fingerprint density at radius 2 is 1.86 bits per heavy atom. The molecule has 22 heavy (non-hydrogen) atoms. The molecule has 2 amide bonds. The lowest BCUT2D eigenvalue weighted by Crippen LogP contribution is -2.35. The van der Waals surface area contributed by atoms with Gasteiger partial charge in [0.15, 0.2) is 0 Å². The van der Waals surface area contributed by atoms with Crippen LogP contribution in [0.15, 0.2) is 42.5 Å². The second kappa shape index (κ2) is 6.95. The van der Waals surface area contributed by atoms with Gasteiger partial charge in [-0.2, -0.15) is 0 Å². The molecule has 0 saturated heterocycles. The Morgan fingerprint density at radius 1 is 1.14 bits per heavy atom. The molecule has 0 aliphatic rings. The molecule has 0 unspecified atom stereocenters. The van der Waals surface area contributed by atoms with Crippen LogP contribution in [0.1, 0.15) is 11.1 Å². The van der Waals surface area contributed by atoms with Crippen molar-refractivity contribution in [2.75, 3.05) is 5.32 Å². The molecular weight excluding hydrogens is 304 g/mol. The average Bonchev–Trinajstić information content (AvgIpc) is 2.49. The predicted octanol–water partition coefficient (Wildman–Crippen LogP) is 2.61. The van der Waals surface area contributed by atoms with E-state index in [0.29, 0.717) is 10.6 Å². The van der Waals surface area contributed by atoms with Gasteiger partial charge in [-0.15, -0.1) is 0 Å². The van der Waals surface area contributed by atoms with Crippen LogP contribution in [0.25, 0.3) is 0 Å². The number of hydrogen-bond donors (Lipinski definition) is 3. The molecule has 0 aromatic heterocycles. The number of benzene rings is 2. The lowest BCUT2D eigenvalue weighted by atomic mass is 10.2. The van der Waals surface area contributed by atoms with Gasteiger partial charge in [-0.05, 0) is 36.2 Å². The summed E-state index contributed by atoms with van der Waals surface area (Å²) < 4.78 is 0. The van der Waals surface area contributed by atoms with E-state index in [1.165, 1.54) is 6.07 Å². The van der Waals surface area contributed by atoms with Gasteiger partial charge in [0.25, 0.3) is 0 Å². The Bertz CT molecular complexity index is 716. The summed E-state index contributed by atoms with van der Waals surface area (Å²) in [6.07, 6.45) is 0. The molecule has 0 aliphatic carbocycles. The van der Waals surface area contributed by atoms with Crippen molar-refractivity contribution in [1.82, 2.24) is 5.32 Å². The van der Waals surface area contributed by atoms with E-state index in [2.05, 4.69) is 10.6 Å². The Labute approximate surface area is 132 Å². The third kappa shape index (κ3) is 3.99. The first kappa shape index (κ1) is 15.9. The summed E-state index contributed by atoms with van der Waals surface area (Å²) in [7, 11) is 0. The Kier molecular flexibility index (Phi) is 5.01. The standard InChI is InChI=1S/C16H15ClN2O3/c1-10-6-7-14(20)13(8-10)19-16(22)15(21)18-9-11-4-2-3-5-12(11)17/h2-8,20H,9H2,1H3,(H,18,21)(H,19,22). The Hall–Kier alpha value is -2.53. The van der Waals surface area contributed by atoms with Crippen LogP contribution in [-0.2, 0) is 16.1 Å². The van der Waals surface area contributed by atoms with Crippen molar-refractivity contribution in [2.45, 2.75) is 13.5 Å². The zero-order valence-electron chi connectivity index (χ0n) is 11.9. The molecule has 0 spiro atoms. The first-order valence-corrected chi connectivity index (χ1v) is 6.97. The molecule has 5 nitrogen and oxygen atoms in total. The van der Waals surface area contributed by atoms with Gasteiger partial charge in [0.2, 0.25) is 0 Å². The van der Waals surface area contributed by atoms with E-state index in [4.69, 9.17) is 11.6 Å². The third-order valence-electron chi connectivity index (χ3n) is 3.00. The lowest BCUT2D eigenvalue weighted by Gasteiger charge is -2.09. The Morgan fingerprint density at radius 3 is 2.59 bits per heavy atom. The van der Waals surface area contributed by atoms with E-state index in [9.17, 15) is 14.7 Å². The van der Waals surface area contributed by atoms with Crippen LogP contribution in [0.5, 0.6) is 5.75 Å². The number of phenols is 1. The number of hydrogen-bond acceptors (Lipinski definition) is 3. The summed E-state index contributed by atoms with van der Waals surface area (Å²) >= 11 is 5.97. The molecule has 0 heterocycles. The van der Waals surface area contributed by atoms with Crippen molar-refractivity contribution >= 4 is 29.1 Å². The van der Waals surface area contributed by atoms with Gasteiger partial charge in [0.1, 0.15) is 5.75 Å². The van der Waals surface area contributed by atoms with Gasteiger partial charge in [0.05, 0.1) is 5.69 Å². The third-order valence-corrected chi connectivity index (χ3v) is 3.37. The van der Waals surface area contributed by atoms with Crippen LogP contribution in [0.3, 0.4) is 0 Å². The quantitative estimate of drug-likeness (QED) is 0.601. The molecule has 0 atom stereocenters. The second-order valence-electron chi connectivity index (χ2n) is 4.75. The minimum Gasteiger partial charge on any atom is -0.506 e. The van der Waals surface area contributed by atoms with Gasteiger partial charge in [0, 0.05) is 11.6 Å². The number of amides is 2. The van der Waals surface area contributed by atoms with E-state index >= 15 is 0 Å². The van der Waals surface area contributed by atoms with Crippen LogP contribution in [0.2, 0.25) is 5.02 Å². The summed E-state index contributed by atoms with van der Waals surface area (Å²) in [5, 5.41) is 15.0. The van der Waals surface area contributed by atoms with Crippen molar-refractivity contribution in [3.63, 3.8) is 0 Å². The monoisotopic (exact) mass is 318 g/mol. The summed E-state index contributed by atoms with van der Waals surface area (Å²) in [5.74, 6) is -1.76. The molecule has 0 radical (unpaired) electrons. The van der Waals surface area contributed by atoms with Gasteiger partial charge >= 0.3 is 11.8 Å². The van der Waals surface area contributed by atoms with Gasteiger partial charge in [-0.25, -0.2) is 0 Å². The molecule has 0 bridgehead atoms. The molecule has 3 N–H and O–H groups in total. The molecular formula is C16H15ClN2O3. The van der Waals surface area contributed by atoms with Gasteiger partial charge < -0.3 is 15.7 Å². The number of carbonyl (C=O) groups is 2. The molecule has 6 heteroatoms. The van der Waals surface area contributed by atoms with E-state index < -0.39 is 11.8 Å². The fraction of sp³-hybridized carbons (Fsp3) is 0.125. The number of anilines is 1. The van der Waals surface area contributed by atoms with E-state index in [-0.39, 0.29) is 18.0 Å². The summed E-state index contributed by atoms with van der Waals surface area (Å²) in [6, 6.07) is 11.8. The van der Waals surface area contributed by atoms with Crippen LogP contribution in [0.4, 0.5) is 5.69 Å².